The fraction of sp³-hybridized carbons (Fsp3) is 0.400. The smallest absolute Gasteiger partial charge is 0.270 e. The summed E-state index contributed by atoms with van der Waals surface area (Å²) in [6.07, 6.45) is 3.18. The van der Waals surface area contributed by atoms with Crippen LogP contribution >= 0.6 is 0 Å². The second-order valence-electron chi connectivity index (χ2n) is 6.86. The molecule has 0 spiro atoms. The molecular weight excluding hydrogens is 342 g/mol. The average Bonchev–Trinajstić information content (AvgIpc) is 3.11. The van der Waals surface area contributed by atoms with Gasteiger partial charge in [0, 0.05) is 43.7 Å². The highest BCUT2D eigenvalue weighted by molar-refractivity contribution is 5.96. The highest BCUT2D eigenvalue weighted by Crippen LogP contribution is 2.25. The quantitative estimate of drug-likeness (QED) is 0.763. The van der Waals surface area contributed by atoms with E-state index in [0.717, 1.165) is 42.9 Å². The van der Waals surface area contributed by atoms with Crippen molar-refractivity contribution in [2.75, 3.05) is 31.5 Å². The minimum atomic E-state index is -0.151. The molecule has 7 heteroatoms. The predicted molar refractivity (Wildman–Crippen MR) is 102 cm³/mol. The van der Waals surface area contributed by atoms with Gasteiger partial charge in [-0.1, -0.05) is 30.3 Å². The zero-order chi connectivity index (χ0) is 18.6. The van der Waals surface area contributed by atoms with Gasteiger partial charge in [0.25, 0.3) is 5.91 Å². The Hall–Kier alpha value is -2.96. The Labute approximate surface area is 158 Å². The largest absolute Gasteiger partial charge is 0.370 e. The molecule has 0 radical (unpaired) electrons. The van der Waals surface area contributed by atoms with Gasteiger partial charge < -0.3 is 15.5 Å². The number of rotatable bonds is 6. The van der Waals surface area contributed by atoms with Gasteiger partial charge in [-0.05, 0) is 19.3 Å². The number of hydrogen-bond donors (Lipinski definition) is 2. The van der Waals surface area contributed by atoms with Crippen molar-refractivity contribution < 1.29 is 9.59 Å². The molecule has 0 saturated carbocycles. The fourth-order valence-corrected chi connectivity index (χ4v) is 3.57. The normalized spacial score (nSPS) is 16.2. The minimum absolute atomic E-state index is 0.151. The van der Waals surface area contributed by atoms with Crippen LogP contribution in [0.4, 0.5) is 5.82 Å². The highest BCUT2D eigenvalue weighted by Gasteiger charge is 2.24. The van der Waals surface area contributed by atoms with Crippen LogP contribution in [0.15, 0.2) is 30.3 Å². The Morgan fingerprint density at radius 2 is 1.96 bits per heavy atom. The molecule has 140 valence electrons. The molecule has 7 nitrogen and oxygen atoms in total. The molecule has 0 aliphatic carbocycles. The van der Waals surface area contributed by atoms with Crippen LogP contribution in [-0.4, -0.2) is 52.9 Å². The standard InChI is InChI=1S/C20H23N5O2/c26-16-8-4-12-25(16)13-5-10-21-19-15-9-11-22-20(27)17(15)23-18(24-19)14-6-2-1-3-7-14/h1-3,6-7H,4-5,8-13H2,(H,22,27)(H,21,23,24). The van der Waals surface area contributed by atoms with Crippen molar-refractivity contribution in [3.8, 4) is 11.4 Å². The molecule has 2 aliphatic rings. The molecule has 1 aromatic heterocycles. The molecule has 27 heavy (non-hydrogen) atoms. The van der Waals surface area contributed by atoms with Crippen molar-refractivity contribution in [3.05, 3.63) is 41.6 Å². The molecule has 2 aliphatic heterocycles. The number of hydrogen-bond acceptors (Lipinski definition) is 5. The lowest BCUT2D eigenvalue weighted by molar-refractivity contribution is -0.127. The summed E-state index contributed by atoms with van der Waals surface area (Å²) >= 11 is 0. The molecule has 2 amide bonds. The monoisotopic (exact) mass is 365 g/mol. The first-order valence-corrected chi connectivity index (χ1v) is 9.48. The number of carbonyl (C=O) groups is 2. The molecule has 1 aromatic carbocycles. The van der Waals surface area contributed by atoms with E-state index in [1.807, 2.05) is 35.2 Å². The van der Waals surface area contributed by atoms with Crippen molar-refractivity contribution in [1.29, 1.82) is 0 Å². The Kier molecular flexibility index (Phi) is 5.00. The van der Waals surface area contributed by atoms with Gasteiger partial charge >= 0.3 is 0 Å². The molecule has 0 unspecified atom stereocenters. The van der Waals surface area contributed by atoms with Crippen molar-refractivity contribution in [2.24, 2.45) is 0 Å². The Bertz CT molecular complexity index is 853. The third-order valence-corrected chi connectivity index (χ3v) is 4.98. The first-order valence-electron chi connectivity index (χ1n) is 9.48. The minimum Gasteiger partial charge on any atom is -0.370 e. The molecule has 3 heterocycles. The lowest BCUT2D eigenvalue weighted by Crippen LogP contribution is -2.34. The van der Waals surface area contributed by atoms with E-state index >= 15 is 0 Å². The number of anilines is 1. The van der Waals surface area contributed by atoms with Gasteiger partial charge in [-0.3, -0.25) is 9.59 Å². The highest BCUT2D eigenvalue weighted by atomic mass is 16.2. The average molecular weight is 365 g/mol. The number of nitrogens with zero attached hydrogens (tertiary/aromatic N) is 3. The maximum Gasteiger partial charge on any atom is 0.270 e. The number of carbonyl (C=O) groups excluding carboxylic acids is 2. The van der Waals surface area contributed by atoms with Crippen molar-refractivity contribution in [2.45, 2.75) is 25.7 Å². The molecule has 0 atom stereocenters. The summed E-state index contributed by atoms with van der Waals surface area (Å²) in [7, 11) is 0. The van der Waals surface area contributed by atoms with Crippen LogP contribution < -0.4 is 10.6 Å². The van der Waals surface area contributed by atoms with Crippen molar-refractivity contribution >= 4 is 17.6 Å². The van der Waals surface area contributed by atoms with Crippen LogP contribution in [0.5, 0.6) is 0 Å². The van der Waals surface area contributed by atoms with Crippen LogP contribution in [-0.2, 0) is 11.2 Å². The zero-order valence-electron chi connectivity index (χ0n) is 15.2. The molecule has 2 N–H and O–H groups in total. The maximum absolute atomic E-state index is 12.3. The van der Waals surface area contributed by atoms with Gasteiger partial charge in [-0.25, -0.2) is 9.97 Å². The predicted octanol–water partition coefficient (Wildman–Crippen LogP) is 1.85. The summed E-state index contributed by atoms with van der Waals surface area (Å²) in [6.45, 7) is 2.91. The molecule has 4 rings (SSSR count). The SMILES string of the molecule is O=C1NCCc2c(NCCCN3CCCC3=O)nc(-c3ccccc3)nc21. The van der Waals surface area contributed by atoms with Gasteiger partial charge in [0.05, 0.1) is 0 Å². The van der Waals surface area contributed by atoms with Crippen molar-refractivity contribution in [1.82, 2.24) is 20.2 Å². The lowest BCUT2D eigenvalue weighted by Gasteiger charge is -2.21. The number of nitrogens with one attached hydrogen (secondary N) is 2. The summed E-state index contributed by atoms with van der Waals surface area (Å²) in [5.74, 6) is 1.36. The van der Waals surface area contributed by atoms with Gasteiger partial charge in [0.1, 0.15) is 11.5 Å². The summed E-state index contributed by atoms with van der Waals surface area (Å²) in [6, 6.07) is 9.67. The third kappa shape index (κ3) is 3.77. The second kappa shape index (κ2) is 7.73. The Morgan fingerprint density at radius 3 is 2.74 bits per heavy atom. The van der Waals surface area contributed by atoms with E-state index in [-0.39, 0.29) is 11.8 Å². The summed E-state index contributed by atoms with van der Waals surface area (Å²) < 4.78 is 0. The second-order valence-corrected chi connectivity index (χ2v) is 6.86. The number of fused-ring (bicyclic) bond motifs is 1. The van der Waals surface area contributed by atoms with Gasteiger partial charge in [-0.15, -0.1) is 0 Å². The Morgan fingerprint density at radius 1 is 1.11 bits per heavy atom. The van der Waals surface area contributed by atoms with E-state index in [0.29, 0.717) is 37.4 Å². The number of aromatic nitrogens is 2. The van der Waals surface area contributed by atoms with E-state index in [9.17, 15) is 9.59 Å². The van der Waals surface area contributed by atoms with Crippen LogP contribution in [0.25, 0.3) is 11.4 Å². The third-order valence-electron chi connectivity index (χ3n) is 4.98. The van der Waals surface area contributed by atoms with Gasteiger partial charge in [0.15, 0.2) is 5.82 Å². The summed E-state index contributed by atoms with van der Waals surface area (Å²) in [4.78, 5) is 35.1. The van der Waals surface area contributed by atoms with Crippen molar-refractivity contribution in [3.63, 3.8) is 0 Å². The first-order chi connectivity index (χ1) is 13.2. The number of benzene rings is 1. The molecule has 1 fully saturated rings. The zero-order valence-corrected chi connectivity index (χ0v) is 15.2. The fourth-order valence-electron chi connectivity index (χ4n) is 3.57. The van der Waals surface area contributed by atoms with Crippen LogP contribution in [0.2, 0.25) is 0 Å². The van der Waals surface area contributed by atoms with Crippen LogP contribution in [0.3, 0.4) is 0 Å². The first kappa shape index (κ1) is 17.5. The van der Waals surface area contributed by atoms with E-state index in [1.165, 1.54) is 0 Å². The van der Waals surface area contributed by atoms with Gasteiger partial charge in [0.2, 0.25) is 5.91 Å². The van der Waals surface area contributed by atoms with E-state index in [1.54, 1.807) is 0 Å². The van der Waals surface area contributed by atoms with E-state index in [2.05, 4.69) is 15.6 Å². The topological polar surface area (TPSA) is 87.2 Å². The van der Waals surface area contributed by atoms with Crippen LogP contribution in [0, 0.1) is 0 Å². The van der Waals surface area contributed by atoms with E-state index < -0.39 is 0 Å². The number of amides is 2. The van der Waals surface area contributed by atoms with E-state index in [4.69, 9.17) is 4.98 Å². The molecule has 2 aromatic rings. The van der Waals surface area contributed by atoms with Crippen LogP contribution in [0.1, 0.15) is 35.3 Å². The molecular formula is C20H23N5O2. The summed E-state index contributed by atoms with van der Waals surface area (Å²) in [5.41, 5.74) is 2.20. The maximum atomic E-state index is 12.3. The lowest BCUT2D eigenvalue weighted by atomic mass is 10.1. The Balaban J connectivity index is 1.52. The molecule has 0 bridgehead atoms. The summed E-state index contributed by atoms with van der Waals surface area (Å²) in [5, 5.41) is 6.23. The molecule has 1 saturated heterocycles. The van der Waals surface area contributed by atoms with Gasteiger partial charge in [-0.2, -0.15) is 0 Å². The number of likely N-dealkylation sites (tertiary alicyclic amines) is 1.